The number of hydrogen-bond acceptors (Lipinski definition) is 5. The Morgan fingerprint density at radius 3 is 3.00 bits per heavy atom. The normalized spacial score (nSPS) is 14.5. The summed E-state index contributed by atoms with van der Waals surface area (Å²) in [5.74, 6) is 1.42. The van der Waals surface area contributed by atoms with Crippen LogP contribution in [0.15, 0.2) is 30.5 Å². The Morgan fingerprint density at radius 1 is 1.32 bits per heavy atom. The summed E-state index contributed by atoms with van der Waals surface area (Å²) in [4.78, 5) is 11.6. The third-order valence-electron chi connectivity index (χ3n) is 3.91. The Hall–Kier alpha value is -2.14. The third-order valence-corrected chi connectivity index (χ3v) is 3.91. The number of nitrogens with one attached hydrogen (secondary N) is 1. The lowest BCUT2D eigenvalue weighted by molar-refractivity contribution is 0.252. The quantitative estimate of drug-likeness (QED) is 0.919. The molecule has 0 bridgehead atoms. The molecule has 5 nitrogen and oxygen atoms in total. The molecule has 0 saturated carbocycles. The molecular formula is C17H22N4O. The molecule has 1 aliphatic rings. The van der Waals surface area contributed by atoms with E-state index >= 15 is 0 Å². The minimum absolute atomic E-state index is 0.632. The van der Waals surface area contributed by atoms with Crippen LogP contribution in [0.5, 0.6) is 5.75 Å². The number of nitrogens with zero attached hydrogens (tertiary/aromatic N) is 3. The Morgan fingerprint density at radius 2 is 2.18 bits per heavy atom. The van der Waals surface area contributed by atoms with E-state index in [-0.39, 0.29) is 0 Å². The first-order chi connectivity index (χ1) is 10.8. The van der Waals surface area contributed by atoms with Gasteiger partial charge in [-0.15, -0.1) is 0 Å². The number of fused-ring (bicyclic) bond motifs is 1. The van der Waals surface area contributed by atoms with Gasteiger partial charge in [-0.2, -0.15) is 0 Å². The highest BCUT2D eigenvalue weighted by atomic mass is 16.5. The van der Waals surface area contributed by atoms with E-state index in [0.29, 0.717) is 5.95 Å². The fourth-order valence-corrected chi connectivity index (χ4v) is 2.81. The van der Waals surface area contributed by atoms with Gasteiger partial charge in [-0.1, -0.05) is 19.1 Å². The lowest BCUT2D eigenvalue weighted by atomic mass is 10.1. The van der Waals surface area contributed by atoms with Gasteiger partial charge in [-0.25, -0.2) is 9.97 Å². The van der Waals surface area contributed by atoms with Gasteiger partial charge in [0.15, 0.2) is 0 Å². The smallest absolute Gasteiger partial charge is 0.227 e. The van der Waals surface area contributed by atoms with Crippen LogP contribution >= 0.6 is 0 Å². The maximum absolute atomic E-state index is 5.35. The number of hydrogen-bond donors (Lipinski definition) is 1. The van der Waals surface area contributed by atoms with Crippen molar-refractivity contribution in [2.24, 2.45) is 0 Å². The molecule has 0 amide bonds. The molecule has 2 aromatic rings. The molecule has 0 fully saturated rings. The van der Waals surface area contributed by atoms with Crippen LogP contribution in [0.25, 0.3) is 0 Å². The number of anilines is 2. The van der Waals surface area contributed by atoms with Crippen LogP contribution in [0.2, 0.25) is 0 Å². The van der Waals surface area contributed by atoms with Crippen LogP contribution in [0.4, 0.5) is 11.6 Å². The van der Waals surface area contributed by atoms with Gasteiger partial charge in [0.05, 0.1) is 18.5 Å². The summed E-state index contributed by atoms with van der Waals surface area (Å²) in [6, 6.07) is 7.79. The summed E-state index contributed by atoms with van der Waals surface area (Å²) in [5.41, 5.74) is 3.28. The van der Waals surface area contributed by atoms with E-state index < -0.39 is 0 Å². The highest BCUT2D eigenvalue weighted by Gasteiger charge is 2.17. The summed E-state index contributed by atoms with van der Waals surface area (Å²) < 4.78 is 5.35. The molecule has 0 radical (unpaired) electrons. The monoisotopic (exact) mass is 298 g/mol. The molecule has 0 saturated heterocycles. The van der Waals surface area contributed by atoms with Crippen molar-refractivity contribution in [1.82, 2.24) is 14.9 Å². The zero-order valence-corrected chi connectivity index (χ0v) is 13.2. The summed E-state index contributed by atoms with van der Waals surface area (Å²) in [6.45, 7) is 5.39. The van der Waals surface area contributed by atoms with Crippen molar-refractivity contribution in [3.8, 4) is 5.75 Å². The Bertz CT molecular complexity index is 644. The standard InChI is InChI=1S/C17H22N4O/c1-3-9-21-10-8-14-13(12-21)11-18-17(19-14)20-15-6-4-5-7-16(15)22-2/h4-7,11H,3,8-10,12H2,1-2H3,(H,18,19,20). The molecular weight excluding hydrogens is 276 g/mol. The van der Waals surface area contributed by atoms with E-state index in [1.165, 1.54) is 12.0 Å². The van der Waals surface area contributed by atoms with Crippen molar-refractivity contribution in [2.45, 2.75) is 26.3 Å². The first-order valence-corrected chi connectivity index (χ1v) is 7.77. The molecule has 0 unspecified atom stereocenters. The Kier molecular flexibility index (Phi) is 4.53. The number of para-hydroxylation sites is 2. The summed E-state index contributed by atoms with van der Waals surface area (Å²) in [7, 11) is 1.66. The zero-order chi connectivity index (χ0) is 15.4. The maximum atomic E-state index is 5.35. The highest BCUT2D eigenvalue weighted by Crippen LogP contribution is 2.26. The van der Waals surface area contributed by atoms with E-state index in [1.54, 1.807) is 7.11 Å². The molecule has 3 rings (SSSR count). The van der Waals surface area contributed by atoms with E-state index in [1.807, 2.05) is 30.5 Å². The van der Waals surface area contributed by atoms with Crippen molar-refractivity contribution >= 4 is 11.6 Å². The second-order valence-electron chi connectivity index (χ2n) is 5.52. The van der Waals surface area contributed by atoms with E-state index in [0.717, 1.165) is 43.2 Å². The lowest BCUT2D eigenvalue weighted by Crippen LogP contribution is -2.31. The van der Waals surface area contributed by atoms with Crippen LogP contribution in [0.3, 0.4) is 0 Å². The van der Waals surface area contributed by atoms with Gasteiger partial charge < -0.3 is 10.1 Å². The third kappa shape index (κ3) is 3.20. The molecule has 1 aliphatic heterocycles. The number of rotatable bonds is 5. The van der Waals surface area contributed by atoms with Crippen LogP contribution in [-0.2, 0) is 13.0 Å². The molecule has 116 valence electrons. The molecule has 0 aliphatic carbocycles. The van der Waals surface area contributed by atoms with Crippen molar-refractivity contribution < 1.29 is 4.74 Å². The topological polar surface area (TPSA) is 50.3 Å². The fraction of sp³-hybridized carbons (Fsp3) is 0.412. The second kappa shape index (κ2) is 6.75. The van der Waals surface area contributed by atoms with Crippen LogP contribution < -0.4 is 10.1 Å². The lowest BCUT2D eigenvalue weighted by Gasteiger charge is -2.27. The summed E-state index contributed by atoms with van der Waals surface area (Å²) in [5, 5.41) is 3.25. The Labute approximate surface area is 131 Å². The fourth-order valence-electron chi connectivity index (χ4n) is 2.81. The van der Waals surface area contributed by atoms with Gasteiger partial charge in [0.2, 0.25) is 5.95 Å². The number of benzene rings is 1. The minimum atomic E-state index is 0.632. The van der Waals surface area contributed by atoms with E-state index in [4.69, 9.17) is 4.74 Å². The van der Waals surface area contributed by atoms with Crippen molar-refractivity contribution in [3.63, 3.8) is 0 Å². The molecule has 1 N–H and O–H groups in total. The number of methoxy groups -OCH3 is 1. The molecule has 22 heavy (non-hydrogen) atoms. The maximum Gasteiger partial charge on any atom is 0.227 e. The van der Waals surface area contributed by atoms with Gasteiger partial charge in [0.25, 0.3) is 0 Å². The Balaban J connectivity index is 1.77. The average Bonchev–Trinajstić information content (AvgIpc) is 2.56. The van der Waals surface area contributed by atoms with Gasteiger partial charge in [0.1, 0.15) is 5.75 Å². The zero-order valence-electron chi connectivity index (χ0n) is 13.2. The van der Waals surface area contributed by atoms with Gasteiger partial charge in [0, 0.05) is 31.3 Å². The molecule has 1 aromatic carbocycles. The predicted octanol–water partition coefficient (Wildman–Crippen LogP) is 3.00. The number of aromatic nitrogens is 2. The molecule has 2 heterocycles. The van der Waals surface area contributed by atoms with Crippen molar-refractivity contribution in [3.05, 3.63) is 41.7 Å². The van der Waals surface area contributed by atoms with Crippen molar-refractivity contribution in [2.75, 3.05) is 25.5 Å². The van der Waals surface area contributed by atoms with Crippen LogP contribution in [0.1, 0.15) is 24.6 Å². The summed E-state index contributed by atoms with van der Waals surface area (Å²) >= 11 is 0. The van der Waals surface area contributed by atoms with E-state index in [9.17, 15) is 0 Å². The largest absolute Gasteiger partial charge is 0.495 e. The first-order valence-electron chi connectivity index (χ1n) is 7.77. The highest BCUT2D eigenvalue weighted by molar-refractivity contribution is 5.62. The van der Waals surface area contributed by atoms with Crippen LogP contribution in [0, 0.1) is 0 Å². The first kappa shape index (κ1) is 14.8. The molecule has 0 atom stereocenters. The number of ether oxygens (including phenoxy) is 1. The molecule has 0 spiro atoms. The van der Waals surface area contributed by atoms with Gasteiger partial charge in [-0.3, -0.25) is 4.90 Å². The average molecular weight is 298 g/mol. The molecule has 5 heteroatoms. The minimum Gasteiger partial charge on any atom is -0.495 e. The van der Waals surface area contributed by atoms with E-state index in [2.05, 4.69) is 27.1 Å². The van der Waals surface area contributed by atoms with Gasteiger partial charge in [-0.05, 0) is 25.1 Å². The van der Waals surface area contributed by atoms with Crippen LogP contribution in [-0.4, -0.2) is 35.1 Å². The van der Waals surface area contributed by atoms with Gasteiger partial charge >= 0.3 is 0 Å². The van der Waals surface area contributed by atoms with Crippen molar-refractivity contribution in [1.29, 1.82) is 0 Å². The SMILES string of the molecule is CCCN1CCc2nc(Nc3ccccc3OC)ncc2C1. The molecule has 1 aromatic heterocycles. The summed E-state index contributed by atoms with van der Waals surface area (Å²) in [6.07, 6.45) is 4.12. The predicted molar refractivity (Wildman–Crippen MR) is 87.6 cm³/mol. The second-order valence-corrected chi connectivity index (χ2v) is 5.52.